The van der Waals surface area contributed by atoms with Gasteiger partial charge >= 0.3 is 6.18 Å². The highest BCUT2D eigenvalue weighted by Crippen LogP contribution is 2.35. The SMILES string of the molecule is CC(Nc1cc(C(F)(F)F)ccc1Cl)c1cscn1. The molecule has 19 heavy (non-hydrogen) atoms. The summed E-state index contributed by atoms with van der Waals surface area (Å²) in [5.41, 5.74) is 1.95. The number of hydrogen-bond donors (Lipinski definition) is 1. The molecule has 0 spiro atoms. The lowest BCUT2D eigenvalue weighted by Gasteiger charge is -2.16. The van der Waals surface area contributed by atoms with Crippen molar-refractivity contribution in [3.8, 4) is 0 Å². The number of benzene rings is 1. The van der Waals surface area contributed by atoms with Crippen molar-refractivity contribution in [2.45, 2.75) is 19.1 Å². The van der Waals surface area contributed by atoms with Gasteiger partial charge in [-0.05, 0) is 25.1 Å². The van der Waals surface area contributed by atoms with E-state index in [-0.39, 0.29) is 16.8 Å². The van der Waals surface area contributed by atoms with Crippen LogP contribution in [0.2, 0.25) is 5.02 Å². The summed E-state index contributed by atoms with van der Waals surface area (Å²) in [6.45, 7) is 1.81. The summed E-state index contributed by atoms with van der Waals surface area (Å²) in [7, 11) is 0. The maximum atomic E-state index is 12.6. The van der Waals surface area contributed by atoms with Gasteiger partial charge < -0.3 is 5.32 Å². The van der Waals surface area contributed by atoms with Gasteiger partial charge in [-0.2, -0.15) is 13.2 Å². The van der Waals surface area contributed by atoms with E-state index in [9.17, 15) is 13.2 Å². The van der Waals surface area contributed by atoms with Gasteiger partial charge in [-0.1, -0.05) is 11.6 Å². The van der Waals surface area contributed by atoms with E-state index < -0.39 is 11.7 Å². The van der Waals surface area contributed by atoms with Crippen LogP contribution >= 0.6 is 22.9 Å². The molecule has 7 heteroatoms. The van der Waals surface area contributed by atoms with E-state index in [4.69, 9.17) is 11.6 Å². The predicted octanol–water partition coefficient (Wildman–Crippen LogP) is 4.99. The van der Waals surface area contributed by atoms with Crippen LogP contribution in [-0.2, 0) is 6.18 Å². The number of nitrogens with one attached hydrogen (secondary N) is 1. The van der Waals surface area contributed by atoms with Crippen molar-refractivity contribution in [2.75, 3.05) is 5.32 Å². The number of thiazole rings is 1. The summed E-state index contributed by atoms with van der Waals surface area (Å²) >= 11 is 7.33. The first-order valence-corrected chi connectivity index (χ1v) is 6.71. The van der Waals surface area contributed by atoms with Crippen LogP contribution in [0.25, 0.3) is 0 Å². The van der Waals surface area contributed by atoms with Gasteiger partial charge in [0.1, 0.15) is 0 Å². The van der Waals surface area contributed by atoms with Crippen molar-refractivity contribution in [3.05, 3.63) is 45.4 Å². The maximum Gasteiger partial charge on any atom is 0.416 e. The molecule has 102 valence electrons. The van der Waals surface area contributed by atoms with Crippen molar-refractivity contribution in [2.24, 2.45) is 0 Å². The summed E-state index contributed by atoms with van der Waals surface area (Å²) in [4.78, 5) is 4.10. The van der Waals surface area contributed by atoms with Crippen molar-refractivity contribution in [1.82, 2.24) is 4.98 Å². The fraction of sp³-hybridized carbons (Fsp3) is 0.250. The van der Waals surface area contributed by atoms with E-state index in [0.29, 0.717) is 0 Å². The average Bonchev–Trinajstić information content (AvgIpc) is 2.84. The second-order valence-corrected chi connectivity index (χ2v) is 5.10. The first kappa shape index (κ1) is 14.1. The van der Waals surface area contributed by atoms with Crippen LogP contribution in [0.5, 0.6) is 0 Å². The number of halogens is 4. The van der Waals surface area contributed by atoms with E-state index in [1.54, 1.807) is 5.51 Å². The zero-order valence-electron chi connectivity index (χ0n) is 9.83. The fourth-order valence-electron chi connectivity index (χ4n) is 1.56. The van der Waals surface area contributed by atoms with Gasteiger partial charge in [-0.25, -0.2) is 4.98 Å². The van der Waals surface area contributed by atoms with Crippen LogP contribution in [0.4, 0.5) is 18.9 Å². The molecule has 0 aliphatic heterocycles. The van der Waals surface area contributed by atoms with Gasteiger partial charge in [0.2, 0.25) is 0 Å². The monoisotopic (exact) mass is 306 g/mol. The number of nitrogens with zero attached hydrogens (tertiary/aromatic N) is 1. The van der Waals surface area contributed by atoms with E-state index in [2.05, 4.69) is 10.3 Å². The molecule has 0 saturated carbocycles. The predicted molar refractivity (Wildman–Crippen MR) is 70.6 cm³/mol. The standard InChI is InChI=1S/C12H10ClF3N2S/c1-7(11-5-19-6-17-11)18-10-4-8(12(14,15)16)2-3-9(10)13/h2-7,18H,1H3. The Labute approximate surface area is 117 Å². The molecular formula is C12H10ClF3N2S. The zero-order chi connectivity index (χ0) is 14.0. The molecule has 1 N–H and O–H groups in total. The molecular weight excluding hydrogens is 297 g/mol. The van der Waals surface area contributed by atoms with Gasteiger partial charge in [-0.15, -0.1) is 11.3 Å². The molecule has 0 bridgehead atoms. The minimum atomic E-state index is -4.38. The van der Waals surface area contributed by atoms with Crippen molar-refractivity contribution >= 4 is 28.6 Å². The highest BCUT2D eigenvalue weighted by atomic mass is 35.5. The van der Waals surface area contributed by atoms with Crippen molar-refractivity contribution < 1.29 is 13.2 Å². The second-order valence-electron chi connectivity index (χ2n) is 3.97. The highest BCUT2D eigenvalue weighted by molar-refractivity contribution is 7.07. The quantitative estimate of drug-likeness (QED) is 0.864. The number of hydrogen-bond acceptors (Lipinski definition) is 3. The molecule has 1 heterocycles. The maximum absolute atomic E-state index is 12.6. The Bertz CT molecular complexity index is 555. The summed E-state index contributed by atoms with van der Waals surface area (Å²) in [6.07, 6.45) is -4.38. The van der Waals surface area contributed by atoms with Gasteiger partial charge in [0.15, 0.2) is 0 Å². The molecule has 0 aliphatic rings. The number of anilines is 1. The number of alkyl halides is 3. The van der Waals surface area contributed by atoms with Crippen LogP contribution < -0.4 is 5.32 Å². The Balaban J connectivity index is 2.25. The van der Waals surface area contributed by atoms with Gasteiger partial charge in [0.05, 0.1) is 33.5 Å². The van der Waals surface area contributed by atoms with Gasteiger partial charge in [0.25, 0.3) is 0 Å². The minimum Gasteiger partial charge on any atom is -0.376 e. The molecule has 0 aliphatic carbocycles. The van der Waals surface area contributed by atoms with Gasteiger partial charge in [0, 0.05) is 5.38 Å². The number of rotatable bonds is 3. The normalized spacial score (nSPS) is 13.3. The molecule has 2 nitrogen and oxygen atoms in total. The highest BCUT2D eigenvalue weighted by Gasteiger charge is 2.31. The summed E-state index contributed by atoms with van der Waals surface area (Å²) in [5.74, 6) is 0. The Morgan fingerprint density at radius 1 is 1.37 bits per heavy atom. The van der Waals surface area contributed by atoms with Crippen LogP contribution in [0, 0.1) is 0 Å². The van der Waals surface area contributed by atoms with Crippen LogP contribution in [0.3, 0.4) is 0 Å². The Morgan fingerprint density at radius 2 is 2.11 bits per heavy atom. The van der Waals surface area contributed by atoms with Crippen LogP contribution in [-0.4, -0.2) is 4.98 Å². The number of aromatic nitrogens is 1. The largest absolute Gasteiger partial charge is 0.416 e. The molecule has 2 rings (SSSR count). The lowest BCUT2D eigenvalue weighted by molar-refractivity contribution is -0.137. The molecule has 0 amide bonds. The summed E-state index contributed by atoms with van der Waals surface area (Å²) in [5, 5.41) is 5.02. The molecule has 1 atom stereocenters. The molecule has 1 unspecified atom stereocenters. The van der Waals surface area contributed by atoms with Crippen LogP contribution in [0.1, 0.15) is 24.2 Å². The topological polar surface area (TPSA) is 24.9 Å². The molecule has 1 aromatic heterocycles. The average molecular weight is 307 g/mol. The minimum absolute atomic E-state index is 0.216. The van der Waals surface area contributed by atoms with E-state index in [1.165, 1.54) is 17.4 Å². The fourth-order valence-corrected chi connectivity index (χ4v) is 2.38. The molecule has 2 aromatic rings. The lowest BCUT2D eigenvalue weighted by Crippen LogP contribution is -2.10. The van der Waals surface area contributed by atoms with Crippen LogP contribution in [0.15, 0.2) is 29.1 Å². The smallest absolute Gasteiger partial charge is 0.376 e. The van der Waals surface area contributed by atoms with E-state index in [1.807, 2.05) is 12.3 Å². The Kier molecular flexibility index (Phi) is 4.01. The summed E-state index contributed by atoms with van der Waals surface area (Å²) < 4.78 is 37.9. The lowest BCUT2D eigenvalue weighted by atomic mass is 10.1. The summed E-state index contributed by atoms with van der Waals surface area (Å²) in [6, 6.07) is 2.99. The second kappa shape index (κ2) is 5.38. The third kappa shape index (κ3) is 3.39. The molecule has 1 aromatic carbocycles. The van der Waals surface area contributed by atoms with E-state index in [0.717, 1.165) is 17.8 Å². The zero-order valence-corrected chi connectivity index (χ0v) is 11.4. The van der Waals surface area contributed by atoms with Crippen molar-refractivity contribution in [3.63, 3.8) is 0 Å². The molecule has 0 saturated heterocycles. The third-order valence-electron chi connectivity index (χ3n) is 2.56. The Hall–Kier alpha value is -1.27. The van der Waals surface area contributed by atoms with E-state index >= 15 is 0 Å². The molecule has 0 radical (unpaired) electrons. The molecule has 0 fully saturated rings. The van der Waals surface area contributed by atoms with Gasteiger partial charge in [-0.3, -0.25) is 0 Å². The van der Waals surface area contributed by atoms with Crippen molar-refractivity contribution in [1.29, 1.82) is 0 Å². The third-order valence-corrected chi connectivity index (χ3v) is 3.50. The first-order valence-electron chi connectivity index (χ1n) is 5.39. The Morgan fingerprint density at radius 3 is 2.68 bits per heavy atom. The first-order chi connectivity index (χ1) is 8.88.